The number of fused-ring (bicyclic) bond motifs is 1. The number of rotatable bonds is 7. The Hall–Kier alpha value is -2.97. The van der Waals surface area contributed by atoms with Gasteiger partial charge in [-0.2, -0.15) is 5.10 Å². The van der Waals surface area contributed by atoms with Gasteiger partial charge in [0.05, 0.1) is 16.7 Å². The van der Waals surface area contributed by atoms with Crippen LogP contribution in [-0.2, 0) is 29.4 Å². The quantitative estimate of drug-likeness (QED) is 0.549. The normalized spacial score (nSPS) is 13.7. The summed E-state index contributed by atoms with van der Waals surface area (Å²) in [5.74, 6) is 0.747. The molecule has 8 heteroatoms. The minimum atomic E-state index is -3.76. The number of ether oxygens (including phenoxy) is 1. The Balaban J connectivity index is 1.59. The Morgan fingerprint density at radius 1 is 1.06 bits per heavy atom. The van der Waals surface area contributed by atoms with Gasteiger partial charge in [0.1, 0.15) is 5.75 Å². The van der Waals surface area contributed by atoms with Gasteiger partial charge in [0.15, 0.2) is 0 Å². The first-order chi connectivity index (χ1) is 15.7. The monoisotopic (exact) mass is 467 g/mol. The Morgan fingerprint density at radius 3 is 2.45 bits per heavy atom. The summed E-state index contributed by atoms with van der Waals surface area (Å²) in [7, 11) is -3.76. The van der Waals surface area contributed by atoms with E-state index in [1.807, 2.05) is 44.2 Å². The molecule has 0 spiro atoms. The van der Waals surface area contributed by atoms with Crippen LogP contribution in [-0.4, -0.2) is 24.7 Å². The fourth-order valence-corrected chi connectivity index (χ4v) is 5.43. The van der Waals surface area contributed by atoms with Crippen LogP contribution in [0.3, 0.4) is 0 Å². The zero-order valence-corrected chi connectivity index (χ0v) is 20.0. The lowest BCUT2D eigenvalue weighted by Crippen LogP contribution is -2.24. The molecular formula is C25H29N3O4S. The molecular weight excluding hydrogens is 438 g/mol. The highest BCUT2D eigenvalue weighted by Crippen LogP contribution is 2.30. The summed E-state index contributed by atoms with van der Waals surface area (Å²) in [6, 6.07) is 12.6. The van der Waals surface area contributed by atoms with E-state index in [1.165, 1.54) is 0 Å². The predicted molar refractivity (Wildman–Crippen MR) is 128 cm³/mol. The van der Waals surface area contributed by atoms with E-state index < -0.39 is 10.0 Å². The molecule has 33 heavy (non-hydrogen) atoms. The molecule has 1 heterocycles. The number of aromatic amines is 1. The van der Waals surface area contributed by atoms with Gasteiger partial charge in [0, 0.05) is 17.7 Å². The Labute approximate surface area is 194 Å². The lowest BCUT2D eigenvalue weighted by atomic mass is 9.90. The summed E-state index contributed by atoms with van der Waals surface area (Å²) in [5, 5.41) is 6.85. The van der Waals surface area contributed by atoms with E-state index in [0.29, 0.717) is 16.8 Å². The summed E-state index contributed by atoms with van der Waals surface area (Å²) in [6.45, 7) is 5.85. The van der Waals surface area contributed by atoms with Crippen LogP contribution in [0.1, 0.15) is 48.9 Å². The predicted octanol–water partition coefficient (Wildman–Crippen LogP) is 3.89. The van der Waals surface area contributed by atoms with Crippen molar-refractivity contribution < 1.29 is 13.2 Å². The third kappa shape index (κ3) is 5.17. The number of nitrogens with zero attached hydrogens (tertiary/aromatic N) is 1. The van der Waals surface area contributed by atoms with Crippen molar-refractivity contribution >= 4 is 10.0 Å². The topological polar surface area (TPSA) is 101 Å². The first kappa shape index (κ1) is 23.2. The van der Waals surface area contributed by atoms with Gasteiger partial charge in [-0.15, -0.1) is 0 Å². The first-order valence-electron chi connectivity index (χ1n) is 11.2. The zero-order valence-electron chi connectivity index (χ0n) is 19.1. The second-order valence-corrected chi connectivity index (χ2v) is 10.4. The highest BCUT2D eigenvalue weighted by atomic mass is 32.2. The van der Waals surface area contributed by atoms with Crippen LogP contribution < -0.4 is 15.0 Å². The molecule has 0 radical (unpaired) electrons. The molecule has 1 aliphatic rings. The zero-order chi connectivity index (χ0) is 23.6. The van der Waals surface area contributed by atoms with E-state index in [9.17, 15) is 13.2 Å². The van der Waals surface area contributed by atoms with Crippen molar-refractivity contribution in [1.29, 1.82) is 0 Å². The lowest BCUT2D eigenvalue weighted by molar-refractivity contribution is 0.242. The molecule has 2 aromatic carbocycles. The fraction of sp³-hybridized carbons (Fsp3) is 0.360. The van der Waals surface area contributed by atoms with Gasteiger partial charge in [-0.3, -0.25) is 4.79 Å². The average Bonchev–Trinajstić information content (AvgIpc) is 2.79. The molecule has 4 rings (SSSR count). The number of H-pyrrole nitrogens is 1. The van der Waals surface area contributed by atoms with Crippen LogP contribution in [0, 0.1) is 6.92 Å². The summed E-state index contributed by atoms with van der Waals surface area (Å²) in [6.07, 6.45) is 3.53. The number of aromatic nitrogens is 2. The molecule has 7 nitrogen and oxygen atoms in total. The number of nitrogens with one attached hydrogen (secondary N) is 2. The lowest BCUT2D eigenvalue weighted by Gasteiger charge is -2.18. The molecule has 0 bridgehead atoms. The Kier molecular flexibility index (Phi) is 6.67. The van der Waals surface area contributed by atoms with Crippen LogP contribution in [0.25, 0.3) is 11.3 Å². The minimum absolute atomic E-state index is 0.0761. The summed E-state index contributed by atoms with van der Waals surface area (Å²) >= 11 is 0. The molecule has 1 aromatic heterocycles. The number of hydrogen-bond donors (Lipinski definition) is 2. The van der Waals surface area contributed by atoms with Crippen molar-refractivity contribution in [3.63, 3.8) is 0 Å². The Bertz CT molecular complexity index is 1310. The highest BCUT2D eigenvalue weighted by Gasteiger charge is 2.22. The SMILES string of the molecule is Cc1ccc(-c2n[nH]c(=O)c3c2CCCC3)cc1S(=O)(=O)NCc1ccc(OC(C)C)cc1. The largest absolute Gasteiger partial charge is 0.491 e. The molecule has 0 amide bonds. The van der Waals surface area contributed by atoms with Crippen molar-refractivity contribution in [3.05, 3.63) is 75.1 Å². The smallest absolute Gasteiger partial charge is 0.267 e. The number of aryl methyl sites for hydroxylation is 1. The molecule has 0 atom stereocenters. The number of hydrogen-bond acceptors (Lipinski definition) is 5. The van der Waals surface area contributed by atoms with Crippen molar-refractivity contribution in [3.8, 4) is 17.0 Å². The molecule has 3 aromatic rings. The van der Waals surface area contributed by atoms with Crippen molar-refractivity contribution in [2.45, 2.75) is 64.0 Å². The van der Waals surface area contributed by atoms with Gasteiger partial charge in [-0.05, 0) is 81.3 Å². The number of benzene rings is 2. The summed E-state index contributed by atoms with van der Waals surface area (Å²) in [4.78, 5) is 12.4. The maximum absolute atomic E-state index is 13.2. The summed E-state index contributed by atoms with van der Waals surface area (Å²) in [5.41, 5.74) is 4.35. The fourth-order valence-electron chi connectivity index (χ4n) is 4.15. The van der Waals surface area contributed by atoms with E-state index >= 15 is 0 Å². The van der Waals surface area contributed by atoms with Crippen LogP contribution in [0.2, 0.25) is 0 Å². The van der Waals surface area contributed by atoms with Crippen molar-refractivity contribution in [1.82, 2.24) is 14.9 Å². The van der Waals surface area contributed by atoms with E-state index in [4.69, 9.17) is 4.74 Å². The van der Waals surface area contributed by atoms with Crippen LogP contribution in [0.5, 0.6) is 5.75 Å². The first-order valence-corrected chi connectivity index (χ1v) is 12.7. The van der Waals surface area contributed by atoms with E-state index in [0.717, 1.165) is 48.1 Å². The molecule has 0 aliphatic heterocycles. The van der Waals surface area contributed by atoms with Gasteiger partial charge in [-0.25, -0.2) is 18.2 Å². The van der Waals surface area contributed by atoms with Crippen LogP contribution >= 0.6 is 0 Å². The highest BCUT2D eigenvalue weighted by molar-refractivity contribution is 7.89. The van der Waals surface area contributed by atoms with Gasteiger partial charge in [0.2, 0.25) is 10.0 Å². The second kappa shape index (κ2) is 9.49. The molecule has 0 saturated carbocycles. The van der Waals surface area contributed by atoms with E-state index in [2.05, 4.69) is 14.9 Å². The summed E-state index contributed by atoms with van der Waals surface area (Å²) < 4.78 is 34.6. The molecule has 1 aliphatic carbocycles. The molecule has 2 N–H and O–H groups in total. The molecule has 0 unspecified atom stereocenters. The van der Waals surface area contributed by atoms with Crippen LogP contribution in [0.15, 0.2) is 52.2 Å². The standard InChI is InChI=1S/C25H29N3O4S/c1-16(2)32-20-12-9-18(10-13-20)15-26-33(30,31)23-14-19(11-8-17(23)3)24-21-6-4-5-7-22(21)25(29)28-27-24/h8-14,16,26H,4-7,15H2,1-3H3,(H,28,29). The van der Waals surface area contributed by atoms with E-state index in [-0.39, 0.29) is 23.1 Å². The molecule has 0 saturated heterocycles. The molecule has 174 valence electrons. The second-order valence-electron chi connectivity index (χ2n) is 8.68. The van der Waals surface area contributed by atoms with Crippen molar-refractivity contribution in [2.75, 3.05) is 0 Å². The van der Waals surface area contributed by atoms with Gasteiger partial charge in [-0.1, -0.05) is 24.3 Å². The van der Waals surface area contributed by atoms with Gasteiger partial charge in [0.25, 0.3) is 5.56 Å². The third-order valence-electron chi connectivity index (χ3n) is 5.81. The van der Waals surface area contributed by atoms with Gasteiger partial charge >= 0.3 is 0 Å². The third-order valence-corrected chi connectivity index (χ3v) is 7.35. The maximum atomic E-state index is 13.2. The minimum Gasteiger partial charge on any atom is -0.491 e. The number of sulfonamides is 1. The van der Waals surface area contributed by atoms with Crippen LogP contribution in [0.4, 0.5) is 0 Å². The van der Waals surface area contributed by atoms with E-state index in [1.54, 1.807) is 19.1 Å². The van der Waals surface area contributed by atoms with Gasteiger partial charge < -0.3 is 4.74 Å². The molecule has 0 fully saturated rings. The maximum Gasteiger partial charge on any atom is 0.267 e. The average molecular weight is 468 g/mol. The Morgan fingerprint density at radius 2 is 1.76 bits per heavy atom. The van der Waals surface area contributed by atoms with Crippen molar-refractivity contribution in [2.24, 2.45) is 0 Å².